The topological polar surface area (TPSA) is 55.8 Å². The zero-order valence-corrected chi connectivity index (χ0v) is 11.2. The van der Waals surface area contributed by atoms with Crippen molar-refractivity contribution in [3.05, 3.63) is 23.3 Å². The lowest BCUT2D eigenvalue weighted by molar-refractivity contribution is -0.143. The normalized spacial score (nSPS) is 19.9. The molecular formula is C15H17FO4. The average Bonchev–Trinajstić information content (AvgIpc) is 2.96. The van der Waals surface area contributed by atoms with Gasteiger partial charge in [-0.15, -0.1) is 0 Å². The van der Waals surface area contributed by atoms with Crippen LogP contribution in [0.5, 0.6) is 11.5 Å². The van der Waals surface area contributed by atoms with Gasteiger partial charge in [0.15, 0.2) is 11.5 Å². The van der Waals surface area contributed by atoms with Crippen molar-refractivity contribution in [2.24, 2.45) is 0 Å². The Morgan fingerprint density at radius 3 is 2.60 bits per heavy atom. The predicted molar refractivity (Wildman–Crippen MR) is 70.0 cm³/mol. The highest BCUT2D eigenvalue weighted by molar-refractivity contribution is 5.83. The molecule has 4 nitrogen and oxygen atoms in total. The third-order valence-electron chi connectivity index (χ3n) is 4.24. The summed E-state index contributed by atoms with van der Waals surface area (Å²) in [5.41, 5.74) is 0.0554. The number of fused-ring (bicyclic) bond motifs is 1. The number of hydrogen-bond donors (Lipinski definition) is 1. The van der Waals surface area contributed by atoms with Gasteiger partial charge in [0.25, 0.3) is 0 Å². The van der Waals surface area contributed by atoms with Crippen LogP contribution in [0.3, 0.4) is 0 Å². The Bertz CT molecular complexity index is 535. The van der Waals surface area contributed by atoms with Gasteiger partial charge in [-0.3, -0.25) is 4.79 Å². The summed E-state index contributed by atoms with van der Waals surface area (Å²) in [4.78, 5) is 11.8. The molecule has 0 aromatic heterocycles. The maximum absolute atomic E-state index is 13.0. The predicted octanol–water partition coefficient (Wildman–Crippen LogP) is 2.82. The van der Waals surface area contributed by atoms with Crippen LogP contribution >= 0.6 is 0 Å². The van der Waals surface area contributed by atoms with Gasteiger partial charge < -0.3 is 14.6 Å². The van der Waals surface area contributed by atoms with Crippen molar-refractivity contribution in [2.75, 3.05) is 13.2 Å². The van der Waals surface area contributed by atoms with Gasteiger partial charge in [-0.1, -0.05) is 12.8 Å². The molecule has 0 radical (unpaired) electrons. The molecule has 1 N–H and O–H groups in total. The first-order valence-corrected chi connectivity index (χ1v) is 6.90. The minimum Gasteiger partial charge on any atom is -0.486 e. The molecule has 2 aliphatic rings. The van der Waals surface area contributed by atoms with E-state index in [1.54, 1.807) is 12.1 Å². The Balaban J connectivity index is 2.18. The molecule has 0 spiro atoms. The molecule has 0 unspecified atom stereocenters. The number of alkyl halides is 1. The van der Waals surface area contributed by atoms with Crippen LogP contribution in [0.4, 0.5) is 4.39 Å². The smallest absolute Gasteiger partial charge is 0.314 e. The molecular weight excluding hydrogens is 263 g/mol. The summed E-state index contributed by atoms with van der Waals surface area (Å²) < 4.78 is 24.2. The summed E-state index contributed by atoms with van der Waals surface area (Å²) in [6, 6.07) is 3.23. The number of hydrogen-bond acceptors (Lipinski definition) is 3. The SMILES string of the molecule is O=C(O)C1(c2cc(CF)cc3c2OCCO3)CCCC1. The highest BCUT2D eigenvalue weighted by Gasteiger charge is 2.46. The van der Waals surface area contributed by atoms with Crippen molar-refractivity contribution in [1.82, 2.24) is 0 Å². The number of ether oxygens (including phenoxy) is 2. The molecule has 0 atom stereocenters. The van der Waals surface area contributed by atoms with Gasteiger partial charge in [-0.2, -0.15) is 0 Å². The van der Waals surface area contributed by atoms with Crippen molar-refractivity contribution in [3.63, 3.8) is 0 Å². The lowest BCUT2D eigenvalue weighted by Crippen LogP contribution is -2.34. The fraction of sp³-hybridized carbons (Fsp3) is 0.533. The van der Waals surface area contributed by atoms with Crippen LogP contribution in [-0.4, -0.2) is 24.3 Å². The van der Waals surface area contributed by atoms with Crippen molar-refractivity contribution in [1.29, 1.82) is 0 Å². The number of benzene rings is 1. The maximum atomic E-state index is 13.0. The third-order valence-corrected chi connectivity index (χ3v) is 4.24. The standard InChI is InChI=1S/C15H17FO4/c16-9-10-7-11(13-12(8-10)19-5-6-20-13)15(14(17)18)3-1-2-4-15/h7-8H,1-6,9H2,(H,17,18). The second-order valence-electron chi connectivity index (χ2n) is 5.40. The van der Waals surface area contributed by atoms with Crippen molar-refractivity contribution in [2.45, 2.75) is 37.8 Å². The maximum Gasteiger partial charge on any atom is 0.314 e. The van der Waals surface area contributed by atoms with Crippen LogP contribution in [0, 0.1) is 0 Å². The second kappa shape index (κ2) is 4.96. The Morgan fingerprint density at radius 1 is 1.25 bits per heavy atom. The van der Waals surface area contributed by atoms with E-state index in [1.165, 1.54) is 0 Å². The van der Waals surface area contributed by atoms with Gasteiger partial charge >= 0.3 is 5.97 Å². The third kappa shape index (κ3) is 1.92. The van der Waals surface area contributed by atoms with Crippen LogP contribution in [0.1, 0.15) is 36.8 Å². The summed E-state index contributed by atoms with van der Waals surface area (Å²) in [5, 5.41) is 9.69. The molecule has 1 aliphatic heterocycles. The van der Waals surface area contributed by atoms with Crippen LogP contribution in [0.2, 0.25) is 0 Å². The van der Waals surface area contributed by atoms with Crippen molar-refractivity contribution < 1.29 is 23.8 Å². The van der Waals surface area contributed by atoms with Crippen molar-refractivity contribution in [3.8, 4) is 11.5 Å². The fourth-order valence-corrected chi connectivity index (χ4v) is 3.22. The molecule has 1 aliphatic carbocycles. The Labute approximate surface area is 116 Å². The molecule has 1 heterocycles. The molecule has 3 rings (SSSR count). The summed E-state index contributed by atoms with van der Waals surface area (Å²) in [6.45, 7) is 0.159. The Hall–Kier alpha value is -1.78. The molecule has 1 aromatic rings. The number of rotatable bonds is 3. The molecule has 108 valence electrons. The van der Waals surface area contributed by atoms with E-state index < -0.39 is 18.1 Å². The monoisotopic (exact) mass is 280 g/mol. The number of halogens is 1. The Kier molecular flexibility index (Phi) is 3.28. The number of carboxylic acids is 1. The number of carboxylic acid groups (broad SMARTS) is 1. The van der Waals surface area contributed by atoms with E-state index in [0.29, 0.717) is 48.7 Å². The van der Waals surface area contributed by atoms with Crippen LogP contribution in [0.15, 0.2) is 12.1 Å². The highest BCUT2D eigenvalue weighted by Crippen LogP contribution is 2.49. The number of aliphatic carboxylic acids is 1. The highest BCUT2D eigenvalue weighted by atomic mass is 19.1. The van der Waals surface area contributed by atoms with Gasteiger partial charge in [0.2, 0.25) is 0 Å². The van der Waals surface area contributed by atoms with Gasteiger partial charge in [0, 0.05) is 5.56 Å². The van der Waals surface area contributed by atoms with Gasteiger partial charge in [0.1, 0.15) is 19.9 Å². The quantitative estimate of drug-likeness (QED) is 0.925. The number of carbonyl (C=O) groups is 1. The van der Waals surface area contributed by atoms with E-state index in [9.17, 15) is 14.3 Å². The van der Waals surface area contributed by atoms with E-state index in [1.807, 2.05) is 0 Å². The summed E-state index contributed by atoms with van der Waals surface area (Å²) in [7, 11) is 0. The summed E-state index contributed by atoms with van der Waals surface area (Å²) in [6.07, 6.45) is 2.85. The zero-order valence-electron chi connectivity index (χ0n) is 11.2. The van der Waals surface area contributed by atoms with Crippen LogP contribution in [0.25, 0.3) is 0 Å². The molecule has 20 heavy (non-hydrogen) atoms. The molecule has 0 bridgehead atoms. The van der Waals surface area contributed by atoms with E-state index in [0.717, 1.165) is 12.8 Å². The van der Waals surface area contributed by atoms with Crippen LogP contribution < -0.4 is 9.47 Å². The van der Waals surface area contributed by atoms with Gasteiger partial charge in [-0.25, -0.2) is 4.39 Å². The molecule has 1 aromatic carbocycles. The molecule has 0 saturated heterocycles. The first-order chi connectivity index (χ1) is 9.67. The lowest BCUT2D eigenvalue weighted by atomic mass is 9.77. The zero-order chi connectivity index (χ0) is 14.2. The molecule has 1 saturated carbocycles. The first-order valence-electron chi connectivity index (χ1n) is 6.90. The van der Waals surface area contributed by atoms with Crippen LogP contribution in [-0.2, 0) is 16.9 Å². The summed E-state index contributed by atoms with van der Waals surface area (Å²) in [5.74, 6) is 0.0917. The van der Waals surface area contributed by atoms with Gasteiger partial charge in [0.05, 0.1) is 5.41 Å². The van der Waals surface area contributed by atoms with E-state index in [2.05, 4.69) is 0 Å². The molecule has 0 amide bonds. The minimum atomic E-state index is -0.962. The first kappa shape index (κ1) is 13.2. The second-order valence-corrected chi connectivity index (χ2v) is 5.40. The molecule has 5 heteroatoms. The summed E-state index contributed by atoms with van der Waals surface area (Å²) >= 11 is 0. The van der Waals surface area contributed by atoms with Gasteiger partial charge in [-0.05, 0) is 30.5 Å². The molecule has 1 fully saturated rings. The fourth-order valence-electron chi connectivity index (χ4n) is 3.22. The largest absolute Gasteiger partial charge is 0.486 e. The van der Waals surface area contributed by atoms with E-state index in [-0.39, 0.29) is 0 Å². The van der Waals surface area contributed by atoms with E-state index in [4.69, 9.17) is 9.47 Å². The van der Waals surface area contributed by atoms with Crippen molar-refractivity contribution >= 4 is 5.97 Å². The minimum absolute atomic E-state index is 0.394. The Morgan fingerprint density at radius 2 is 1.95 bits per heavy atom. The lowest BCUT2D eigenvalue weighted by Gasteiger charge is -2.30. The average molecular weight is 280 g/mol. The van der Waals surface area contributed by atoms with E-state index >= 15 is 0 Å².